The zero-order valence-corrected chi connectivity index (χ0v) is 14.2. The average Bonchev–Trinajstić information content (AvgIpc) is 2.58. The van der Waals surface area contributed by atoms with Crippen molar-refractivity contribution in [2.24, 2.45) is 0 Å². The Balaban J connectivity index is 2.42. The summed E-state index contributed by atoms with van der Waals surface area (Å²) in [6, 6.07) is 7.35. The van der Waals surface area contributed by atoms with Crippen LogP contribution in [0.4, 0.5) is 0 Å². The SMILES string of the molecule is CCN(CC)C(=O)c1ccc(CNC(=O)CNCCOC)cc1. The summed E-state index contributed by atoms with van der Waals surface area (Å²) in [5, 5.41) is 5.82. The van der Waals surface area contributed by atoms with Crippen molar-refractivity contribution in [1.29, 1.82) is 0 Å². The van der Waals surface area contributed by atoms with E-state index < -0.39 is 0 Å². The molecule has 1 aromatic carbocycles. The number of hydrogen-bond donors (Lipinski definition) is 2. The molecule has 128 valence electrons. The first-order valence-electron chi connectivity index (χ1n) is 7.96. The Morgan fingerprint density at radius 3 is 2.35 bits per heavy atom. The van der Waals surface area contributed by atoms with E-state index in [1.54, 1.807) is 24.1 Å². The lowest BCUT2D eigenvalue weighted by molar-refractivity contribution is -0.120. The van der Waals surface area contributed by atoms with E-state index in [1.807, 2.05) is 26.0 Å². The van der Waals surface area contributed by atoms with Gasteiger partial charge in [0.1, 0.15) is 0 Å². The van der Waals surface area contributed by atoms with Crippen molar-refractivity contribution in [1.82, 2.24) is 15.5 Å². The highest BCUT2D eigenvalue weighted by molar-refractivity contribution is 5.94. The lowest BCUT2D eigenvalue weighted by Crippen LogP contribution is -2.34. The molecule has 2 amide bonds. The first-order chi connectivity index (χ1) is 11.1. The Kier molecular flexibility index (Phi) is 8.94. The fourth-order valence-electron chi connectivity index (χ4n) is 2.10. The van der Waals surface area contributed by atoms with Gasteiger partial charge in [-0.3, -0.25) is 9.59 Å². The van der Waals surface area contributed by atoms with Gasteiger partial charge in [0.05, 0.1) is 13.2 Å². The van der Waals surface area contributed by atoms with E-state index in [0.29, 0.717) is 38.3 Å². The number of amides is 2. The van der Waals surface area contributed by atoms with E-state index in [-0.39, 0.29) is 18.4 Å². The predicted octanol–water partition coefficient (Wildman–Crippen LogP) is 1.02. The Labute approximate surface area is 138 Å². The molecule has 6 nitrogen and oxygen atoms in total. The second-order valence-corrected chi connectivity index (χ2v) is 5.12. The van der Waals surface area contributed by atoms with Gasteiger partial charge >= 0.3 is 0 Å². The third-order valence-corrected chi connectivity index (χ3v) is 3.51. The lowest BCUT2D eigenvalue weighted by Gasteiger charge is -2.18. The molecule has 0 aromatic heterocycles. The fourth-order valence-corrected chi connectivity index (χ4v) is 2.10. The van der Waals surface area contributed by atoms with Gasteiger partial charge in [0.2, 0.25) is 5.91 Å². The van der Waals surface area contributed by atoms with Gasteiger partial charge in [-0.05, 0) is 31.5 Å². The van der Waals surface area contributed by atoms with Gasteiger partial charge in [-0.15, -0.1) is 0 Å². The van der Waals surface area contributed by atoms with Crippen LogP contribution in [-0.4, -0.2) is 56.6 Å². The Morgan fingerprint density at radius 2 is 1.78 bits per heavy atom. The van der Waals surface area contributed by atoms with Crippen molar-refractivity contribution in [3.8, 4) is 0 Å². The highest BCUT2D eigenvalue weighted by Crippen LogP contribution is 2.07. The standard InChI is InChI=1S/C17H27N3O3/c1-4-20(5-2)17(22)15-8-6-14(7-9-15)12-19-16(21)13-18-10-11-23-3/h6-9,18H,4-5,10-13H2,1-3H3,(H,19,21). The van der Waals surface area contributed by atoms with Crippen LogP contribution in [0.2, 0.25) is 0 Å². The second kappa shape index (κ2) is 10.7. The van der Waals surface area contributed by atoms with E-state index in [2.05, 4.69) is 10.6 Å². The summed E-state index contributed by atoms with van der Waals surface area (Å²) in [7, 11) is 1.62. The lowest BCUT2D eigenvalue weighted by atomic mass is 10.1. The molecule has 0 bridgehead atoms. The highest BCUT2D eigenvalue weighted by Gasteiger charge is 2.11. The second-order valence-electron chi connectivity index (χ2n) is 5.12. The molecular weight excluding hydrogens is 294 g/mol. The minimum Gasteiger partial charge on any atom is -0.383 e. The maximum atomic E-state index is 12.2. The number of benzene rings is 1. The minimum absolute atomic E-state index is 0.0351. The van der Waals surface area contributed by atoms with Crippen LogP contribution in [0, 0.1) is 0 Å². The summed E-state index contributed by atoms with van der Waals surface area (Å²) in [6.07, 6.45) is 0. The van der Waals surface area contributed by atoms with Crippen LogP contribution >= 0.6 is 0 Å². The summed E-state index contributed by atoms with van der Waals surface area (Å²) in [5.41, 5.74) is 1.64. The van der Waals surface area contributed by atoms with Crippen molar-refractivity contribution < 1.29 is 14.3 Å². The van der Waals surface area contributed by atoms with Crippen molar-refractivity contribution in [2.45, 2.75) is 20.4 Å². The maximum absolute atomic E-state index is 12.2. The summed E-state index contributed by atoms with van der Waals surface area (Å²) < 4.78 is 4.89. The van der Waals surface area contributed by atoms with Crippen LogP contribution in [0.5, 0.6) is 0 Å². The molecule has 0 heterocycles. The largest absolute Gasteiger partial charge is 0.383 e. The molecule has 2 N–H and O–H groups in total. The number of nitrogens with one attached hydrogen (secondary N) is 2. The van der Waals surface area contributed by atoms with Gasteiger partial charge in [0.15, 0.2) is 0 Å². The van der Waals surface area contributed by atoms with Gasteiger partial charge in [-0.1, -0.05) is 12.1 Å². The maximum Gasteiger partial charge on any atom is 0.253 e. The summed E-state index contributed by atoms with van der Waals surface area (Å²) >= 11 is 0. The van der Waals surface area contributed by atoms with Gasteiger partial charge in [0.25, 0.3) is 5.91 Å². The van der Waals surface area contributed by atoms with Crippen molar-refractivity contribution in [2.75, 3.05) is 39.9 Å². The molecule has 6 heteroatoms. The molecule has 0 aliphatic heterocycles. The van der Waals surface area contributed by atoms with Crippen LogP contribution in [0.25, 0.3) is 0 Å². The molecule has 0 atom stereocenters. The van der Waals surface area contributed by atoms with Crippen molar-refractivity contribution in [3.05, 3.63) is 35.4 Å². The number of rotatable bonds is 10. The number of nitrogens with zero attached hydrogens (tertiary/aromatic N) is 1. The molecule has 0 spiro atoms. The molecule has 1 aromatic rings. The Bertz CT molecular complexity index is 484. The zero-order chi connectivity index (χ0) is 17.1. The molecule has 0 saturated carbocycles. The summed E-state index contributed by atoms with van der Waals surface area (Å²) in [6.45, 7) is 7.26. The number of carbonyl (C=O) groups is 2. The van der Waals surface area contributed by atoms with E-state index in [4.69, 9.17) is 4.74 Å². The van der Waals surface area contributed by atoms with Crippen LogP contribution in [0.3, 0.4) is 0 Å². The Hall–Kier alpha value is -1.92. The highest BCUT2D eigenvalue weighted by atomic mass is 16.5. The minimum atomic E-state index is -0.0654. The number of carbonyl (C=O) groups excluding carboxylic acids is 2. The summed E-state index contributed by atoms with van der Waals surface area (Å²) in [5.74, 6) is -0.0303. The van der Waals surface area contributed by atoms with Crippen LogP contribution in [-0.2, 0) is 16.1 Å². The van der Waals surface area contributed by atoms with Crippen LogP contribution in [0.1, 0.15) is 29.8 Å². The monoisotopic (exact) mass is 321 g/mol. The molecule has 23 heavy (non-hydrogen) atoms. The zero-order valence-electron chi connectivity index (χ0n) is 14.2. The van der Waals surface area contributed by atoms with E-state index in [0.717, 1.165) is 5.56 Å². The van der Waals surface area contributed by atoms with E-state index in [9.17, 15) is 9.59 Å². The average molecular weight is 321 g/mol. The topological polar surface area (TPSA) is 70.7 Å². The van der Waals surface area contributed by atoms with Crippen LogP contribution in [0.15, 0.2) is 24.3 Å². The van der Waals surface area contributed by atoms with Crippen molar-refractivity contribution in [3.63, 3.8) is 0 Å². The first kappa shape index (κ1) is 19.1. The smallest absolute Gasteiger partial charge is 0.253 e. The Morgan fingerprint density at radius 1 is 1.13 bits per heavy atom. The summed E-state index contributed by atoms with van der Waals surface area (Å²) in [4.78, 5) is 25.6. The molecule has 0 saturated heterocycles. The van der Waals surface area contributed by atoms with E-state index >= 15 is 0 Å². The number of ether oxygens (including phenoxy) is 1. The normalized spacial score (nSPS) is 10.4. The molecule has 0 aliphatic carbocycles. The van der Waals surface area contributed by atoms with E-state index in [1.165, 1.54) is 0 Å². The van der Waals surface area contributed by atoms with Gasteiger partial charge < -0.3 is 20.3 Å². The van der Waals surface area contributed by atoms with Gasteiger partial charge in [-0.25, -0.2) is 0 Å². The first-order valence-corrected chi connectivity index (χ1v) is 7.96. The van der Waals surface area contributed by atoms with Gasteiger partial charge in [0, 0.05) is 38.9 Å². The quantitative estimate of drug-likeness (QED) is 0.631. The fraction of sp³-hybridized carbons (Fsp3) is 0.529. The molecule has 0 aliphatic rings. The molecule has 0 unspecified atom stereocenters. The number of hydrogen-bond acceptors (Lipinski definition) is 4. The van der Waals surface area contributed by atoms with Crippen molar-refractivity contribution >= 4 is 11.8 Å². The molecule has 0 radical (unpaired) electrons. The predicted molar refractivity (Wildman–Crippen MR) is 90.3 cm³/mol. The third kappa shape index (κ3) is 6.80. The third-order valence-electron chi connectivity index (χ3n) is 3.51. The van der Waals surface area contributed by atoms with Gasteiger partial charge in [-0.2, -0.15) is 0 Å². The van der Waals surface area contributed by atoms with Crippen LogP contribution < -0.4 is 10.6 Å². The molecule has 1 rings (SSSR count). The number of methoxy groups -OCH3 is 1. The molecule has 0 fully saturated rings. The molecular formula is C17H27N3O3.